The summed E-state index contributed by atoms with van der Waals surface area (Å²) in [4.78, 5) is 4.14. The zero-order valence-corrected chi connectivity index (χ0v) is 9.86. The molecule has 14 heavy (non-hydrogen) atoms. The van der Waals surface area contributed by atoms with E-state index in [9.17, 15) is 0 Å². The number of likely N-dealkylation sites (N-methyl/N-ethyl adjacent to an activating group) is 1. The number of aliphatic hydroxyl groups is 1. The molecule has 0 saturated heterocycles. The first-order chi connectivity index (χ1) is 6.57. The van der Waals surface area contributed by atoms with Gasteiger partial charge in [-0.1, -0.05) is 0 Å². The normalized spacial score (nSPS) is 13.9. The minimum atomic E-state index is 0.0873. The number of rotatable bonds is 8. The fourth-order valence-corrected chi connectivity index (χ4v) is 1.10. The lowest BCUT2D eigenvalue weighted by molar-refractivity contribution is -0.0415. The SMILES string of the molecule is CC(OCCCN(C)C)N(C)CCO. The third-order valence-electron chi connectivity index (χ3n) is 2.18. The van der Waals surface area contributed by atoms with Crippen molar-refractivity contribution < 1.29 is 9.84 Å². The van der Waals surface area contributed by atoms with Crippen molar-refractivity contribution in [2.24, 2.45) is 0 Å². The summed E-state index contributed by atoms with van der Waals surface area (Å²) >= 11 is 0. The molecule has 0 amide bonds. The monoisotopic (exact) mass is 204 g/mol. The van der Waals surface area contributed by atoms with Gasteiger partial charge in [-0.3, -0.25) is 4.90 Å². The Labute approximate surface area is 87.5 Å². The van der Waals surface area contributed by atoms with E-state index in [0.29, 0.717) is 6.54 Å². The van der Waals surface area contributed by atoms with Gasteiger partial charge in [0.2, 0.25) is 0 Å². The average Bonchev–Trinajstić information content (AvgIpc) is 2.12. The van der Waals surface area contributed by atoms with Crippen LogP contribution in [0, 0.1) is 0 Å². The highest BCUT2D eigenvalue weighted by Crippen LogP contribution is 1.98. The van der Waals surface area contributed by atoms with E-state index in [-0.39, 0.29) is 12.8 Å². The van der Waals surface area contributed by atoms with Gasteiger partial charge in [-0.15, -0.1) is 0 Å². The van der Waals surface area contributed by atoms with Crippen LogP contribution in [0.2, 0.25) is 0 Å². The molecule has 86 valence electrons. The number of aliphatic hydroxyl groups excluding tert-OH is 1. The molecule has 0 aliphatic carbocycles. The summed E-state index contributed by atoms with van der Waals surface area (Å²) in [5, 5.41) is 8.73. The molecule has 0 aliphatic rings. The molecule has 0 fully saturated rings. The van der Waals surface area contributed by atoms with Crippen molar-refractivity contribution in [3.8, 4) is 0 Å². The van der Waals surface area contributed by atoms with Crippen LogP contribution in [0.25, 0.3) is 0 Å². The Morgan fingerprint density at radius 1 is 1.21 bits per heavy atom. The van der Waals surface area contributed by atoms with Crippen LogP contribution in [0.1, 0.15) is 13.3 Å². The molecule has 0 aromatic rings. The summed E-state index contributed by atoms with van der Waals surface area (Å²) in [6.45, 7) is 4.67. The van der Waals surface area contributed by atoms with E-state index in [1.54, 1.807) is 0 Å². The lowest BCUT2D eigenvalue weighted by atomic mass is 10.4. The van der Waals surface area contributed by atoms with E-state index in [1.807, 2.05) is 18.9 Å². The van der Waals surface area contributed by atoms with Gasteiger partial charge in [0, 0.05) is 13.2 Å². The Bertz CT molecular complexity index is 131. The molecule has 0 aromatic carbocycles. The maximum atomic E-state index is 8.73. The molecule has 0 rings (SSSR count). The molecule has 4 nitrogen and oxygen atoms in total. The van der Waals surface area contributed by atoms with Crippen LogP contribution in [0.5, 0.6) is 0 Å². The van der Waals surface area contributed by atoms with Crippen LogP contribution in [0.15, 0.2) is 0 Å². The second-order valence-electron chi connectivity index (χ2n) is 3.83. The Hall–Kier alpha value is -0.160. The molecule has 0 heterocycles. The van der Waals surface area contributed by atoms with Gasteiger partial charge in [-0.05, 0) is 41.0 Å². The van der Waals surface area contributed by atoms with Gasteiger partial charge < -0.3 is 14.7 Å². The molecule has 0 aliphatic heterocycles. The zero-order valence-electron chi connectivity index (χ0n) is 9.86. The van der Waals surface area contributed by atoms with E-state index in [0.717, 1.165) is 19.6 Å². The predicted molar refractivity (Wildman–Crippen MR) is 58.3 cm³/mol. The topological polar surface area (TPSA) is 35.9 Å². The molecule has 1 N–H and O–H groups in total. The van der Waals surface area contributed by atoms with Crippen LogP contribution in [-0.2, 0) is 4.74 Å². The summed E-state index contributed by atoms with van der Waals surface area (Å²) < 4.78 is 5.59. The van der Waals surface area contributed by atoms with Gasteiger partial charge in [0.15, 0.2) is 0 Å². The van der Waals surface area contributed by atoms with Crippen molar-refractivity contribution in [3.05, 3.63) is 0 Å². The van der Waals surface area contributed by atoms with Crippen molar-refractivity contribution >= 4 is 0 Å². The highest BCUT2D eigenvalue weighted by atomic mass is 16.5. The average molecular weight is 204 g/mol. The largest absolute Gasteiger partial charge is 0.395 e. The molecule has 0 saturated carbocycles. The van der Waals surface area contributed by atoms with Gasteiger partial charge in [0.1, 0.15) is 6.23 Å². The number of ether oxygens (including phenoxy) is 1. The first-order valence-electron chi connectivity index (χ1n) is 5.15. The van der Waals surface area contributed by atoms with E-state index in [4.69, 9.17) is 9.84 Å². The molecule has 4 heteroatoms. The Morgan fingerprint density at radius 2 is 1.86 bits per heavy atom. The molecular formula is C10H24N2O2. The highest BCUT2D eigenvalue weighted by molar-refractivity contribution is 4.52. The van der Waals surface area contributed by atoms with Crippen LogP contribution < -0.4 is 0 Å². The van der Waals surface area contributed by atoms with Gasteiger partial charge >= 0.3 is 0 Å². The van der Waals surface area contributed by atoms with Gasteiger partial charge in [-0.2, -0.15) is 0 Å². The fraction of sp³-hybridized carbons (Fsp3) is 1.00. The van der Waals surface area contributed by atoms with Crippen LogP contribution >= 0.6 is 0 Å². The van der Waals surface area contributed by atoms with Crippen LogP contribution in [0.3, 0.4) is 0 Å². The first-order valence-corrected chi connectivity index (χ1v) is 5.15. The van der Waals surface area contributed by atoms with E-state index >= 15 is 0 Å². The van der Waals surface area contributed by atoms with Gasteiger partial charge in [-0.25, -0.2) is 0 Å². The lowest BCUT2D eigenvalue weighted by Crippen LogP contribution is -2.34. The molecule has 1 unspecified atom stereocenters. The Kier molecular flexibility index (Phi) is 8.08. The highest BCUT2D eigenvalue weighted by Gasteiger charge is 2.07. The van der Waals surface area contributed by atoms with Gasteiger partial charge in [0.05, 0.1) is 6.61 Å². The van der Waals surface area contributed by atoms with Crippen molar-refractivity contribution in [2.45, 2.75) is 19.6 Å². The first kappa shape index (κ1) is 13.8. The predicted octanol–water partition coefficient (Wildman–Crippen LogP) is 0.225. The number of nitrogens with zero attached hydrogens (tertiary/aromatic N) is 2. The summed E-state index contributed by atoms with van der Waals surface area (Å²) in [6, 6.07) is 0. The zero-order chi connectivity index (χ0) is 11.0. The third-order valence-corrected chi connectivity index (χ3v) is 2.18. The maximum Gasteiger partial charge on any atom is 0.107 e. The van der Waals surface area contributed by atoms with Crippen molar-refractivity contribution in [1.29, 1.82) is 0 Å². The standard InChI is InChI=1S/C10H24N2O2/c1-10(12(4)7-8-13)14-9-5-6-11(2)3/h10,13H,5-9H2,1-4H3. The molecule has 1 atom stereocenters. The molecule has 0 spiro atoms. The lowest BCUT2D eigenvalue weighted by Gasteiger charge is -2.24. The van der Waals surface area contributed by atoms with Crippen LogP contribution in [-0.4, -0.2) is 68.6 Å². The molecule has 0 aromatic heterocycles. The minimum Gasteiger partial charge on any atom is -0.395 e. The second-order valence-corrected chi connectivity index (χ2v) is 3.83. The summed E-state index contributed by atoms with van der Waals surface area (Å²) in [5.41, 5.74) is 0. The third kappa shape index (κ3) is 7.26. The quantitative estimate of drug-likeness (QED) is 0.453. The second kappa shape index (κ2) is 8.17. The fourth-order valence-electron chi connectivity index (χ4n) is 1.10. The Morgan fingerprint density at radius 3 is 2.36 bits per heavy atom. The van der Waals surface area contributed by atoms with Crippen LogP contribution in [0.4, 0.5) is 0 Å². The van der Waals surface area contributed by atoms with Crippen molar-refractivity contribution in [1.82, 2.24) is 9.80 Å². The number of hydrogen-bond acceptors (Lipinski definition) is 4. The van der Waals surface area contributed by atoms with Crippen molar-refractivity contribution in [2.75, 3.05) is 47.4 Å². The molecule has 0 radical (unpaired) electrons. The molecular weight excluding hydrogens is 180 g/mol. The maximum absolute atomic E-state index is 8.73. The Balaban J connectivity index is 3.38. The molecule has 0 bridgehead atoms. The summed E-state index contributed by atoms with van der Waals surface area (Å²) in [7, 11) is 6.06. The smallest absolute Gasteiger partial charge is 0.107 e. The van der Waals surface area contributed by atoms with Crippen molar-refractivity contribution in [3.63, 3.8) is 0 Å². The minimum absolute atomic E-state index is 0.0873. The number of hydrogen-bond donors (Lipinski definition) is 1. The summed E-state index contributed by atoms with van der Waals surface area (Å²) in [5.74, 6) is 0. The van der Waals surface area contributed by atoms with E-state index in [1.165, 1.54) is 0 Å². The summed E-state index contributed by atoms with van der Waals surface area (Å²) in [6.07, 6.45) is 1.13. The van der Waals surface area contributed by atoms with E-state index < -0.39 is 0 Å². The van der Waals surface area contributed by atoms with Gasteiger partial charge in [0.25, 0.3) is 0 Å². The van der Waals surface area contributed by atoms with E-state index in [2.05, 4.69) is 19.0 Å².